The van der Waals surface area contributed by atoms with E-state index >= 15 is 0 Å². The number of nitrogens with one attached hydrogen (secondary N) is 1. The molecule has 0 aromatic carbocycles. The molecule has 1 aliphatic carbocycles. The van der Waals surface area contributed by atoms with Gasteiger partial charge in [0.2, 0.25) is 0 Å². The SMILES string of the molecule is O=C(NC1CCC(F)CC1)C1=C(O)c2cccnc2N(CC(O)CO)C1O. The van der Waals surface area contributed by atoms with Gasteiger partial charge in [0, 0.05) is 12.2 Å². The lowest BCUT2D eigenvalue weighted by Gasteiger charge is -2.37. The monoisotopic (exact) mass is 381 g/mol. The van der Waals surface area contributed by atoms with Crippen LogP contribution >= 0.6 is 0 Å². The molecule has 1 amide bonds. The second-order valence-corrected chi connectivity index (χ2v) is 6.92. The molecule has 0 spiro atoms. The molecule has 3 rings (SSSR count). The van der Waals surface area contributed by atoms with E-state index in [1.165, 1.54) is 11.1 Å². The van der Waals surface area contributed by atoms with Crippen molar-refractivity contribution in [2.45, 2.75) is 50.2 Å². The second-order valence-electron chi connectivity index (χ2n) is 6.92. The van der Waals surface area contributed by atoms with Crippen molar-refractivity contribution in [3.63, 3.8) is 0 Å². The van der Waals surface area contributed by atoms with Crippen LogP contribution in [-0.4, -0.2) is 69.0 Å². The maximum Gasteiger partial charge on any atom is 0.255 e. The number of pyridine rings is 1. The normalized spacial score (nSPS) is 26.5. The van der Waals surface area contributed by atoms with Gasteiger partial charge in [0.1, 0.15) is 23.3 Å². The minimum atomic E-state index is -1.55. The van der Waals surface area contributed by atoms with Crippen molar-refractivity contribution < 1.29 is 29.6 Å². The molecule has 0 saturated heterocycles. The molecule has 0 bridgehead atoms. The number of hydrogen-bond acceptors (Lipinski definition) is 7. The summed E-state index contributed by atoms with van der Waals surface area (Å²) in [7, 11) is 0. The fourth-order valence-electron chi connectivity index (χ4n) is 3.51. The Morgan fingerprint density at radius 3 is 2.74 bits per heavy atom. The van der Waals surface area contributed by atoms with Crippen LogP contribution < -0.4 is 10.2 Å². The van der Waals surface area contributed by atoms with E-state index in [-0.39, 0.29) is 29.5 Å². The third-order valence-corrected chi connectivity index (χ3v) is 4.98. The Morgan fingerprint density at radius 2 is 2.07 bits per heavy atom. The summed E-state index contributed by atoms with van der Waals surface area (Å²) in [5, 5.41) is 42.9. The van der Waals surface area contributed by atoms with Gasteiger partial charge in [-0.25, -0.2) is 9.37 Å². The Morgan fingerprint density at radius 1 is 1.37 bits per heavy atom. The number of carbonyl (C=O) groups is 1. The van der Waals surface area contributed by atoms with E-state index < -0.39 is 36.8 Å². The average Bonchev–Trinajstić information content (AvgIpc) is 2.67. The van der Waals surface area contributed by atoms with Gasteiger partial charge in [0.15, 0.2) is 6.23 Å². The number of aliphatic hydroxyl groups excluding tert-OH is 4. The zero-order valence-corrected chi connectivity index (χ0v) is 14.8. The van der Waals surface area contributed by atoms with Crippen molar-refractivity contribution in [1.82, 2.24) is 10.3 Å². The molecule has 27 heavy (non-hydrogen) atoms. The van der Waals surface area contributed by atoms with Crippen molar-refractivity contribution in [2.75, 3.05) is 18.1 Å². The predicted octanol–water partition coefficient (Wildman–Crippen LogP) is 0.239. The first-order chi connectivity index (χ1) is 12.9. The van der Waals surface area contributed by atoms with Gasteiger partial charge in [-0.1, -0.05) is 0 Å². The fourth-order valence-corrected chi connectivity index (χ4v) is 3.51. The smallest absolute Gasteiger partial charge is 0.255 e. The Bertz CT molecular complexity index is 721. The standard InChI is InChI=1S/C18H24FN3O5/c19-10-3-5-11(6-4-10)21-17(26)14-15(25)13-2-1-7-20-16(13)22(18(14)27)8-12(24)9-23/h1-2,7,10-12,18,23-25,27H,3-6,8-9H2,(H,21,26). The number of β-amino-alcohol motifs (C(OH)–C–C–N with tert-alkyl or cyclic N) is 1. The molecular formula is C18H24FN3O5. The Kier molecular flexibility index (Phi) is 5.93. The van der Waals surface area contributed by atoms with Gasteiger partial charge in [-0.05, 0) is 37.8 Å². The highest BCUT2D eigenvalue weighted by Crippen LogP contribution is 2.35. The molecule has 1 aliphatic heterocycles. The molecule has 1 saturated carbocycles. The van der Waals surface area contributed by atoms with E-state index in [1.54, 1.807) is 12.1 Å². The van der Waals surface area contributed by atoms with Gasteiger partial charge < -0.3 is 30.6 Å². The highest BCUT2D eigenvalue weighted by atomic mass is 19.1. The molecule has 9 heteroatoms. The van der Waals surface area contributed by atoms with Crippen LogP contribution in [0.15, 0.2) is 23.9 Å². The highest BCUT2D eigenvalue weighted by molar-refractivity contribution is 6.03. The molecule has 2 heterocycles. The van der Waals surface area contributed by atoms with E-state index in [0.29, 0.717) is 25.7 Å². The van der Waals surface area contributed by atoms with E-state index in [9.17, 15) is 24.5 Å². The van der Waals surface area contributed by atoms with Crippen molar-refractivity contribution >= 4 is 17.5 Å². The number of carbonyl (C=O) groups excluding carboxylic acids is 1. The fraction of sp³-hybridized carbons (Fsp3) is 0.556. The molecule has 2 unspecified atom stereocenters. The van der Waals surface area contributed by atoms with Gasteiger partial charge in [-0.3, -0.25) is 4.79 Å². The lowest BCUT2D eigenvalue weighted by Crippen LogP contribution is -2.50. The topological polar surface area (TPSA) is 126 Å². The summed E-state index contributed by atoms with van der Waals surface area (Å²) in [6, 6.07) is 2.89. The van der Waals surface area contributed by atoms with Crippen LogP contribution in [0.3, 0.4) is 0 Å². The maximum atomic E-state index is 13.3. The van der Waals surface area contributed by atoms with Crippen LogP contribution in [0.25, 0.3) is 5.76 Å². The quantitative estimate of drug-likeness (QED) is 0.495. The number of aliphatic hydroxyl groups is 4. The molecule has 1 fully saturated rings. The van der Waals surface area contributed by atoms with Crippen molar-refractivity contribution in [3.05, 3.63) is 29.5 Å². The summed E-state index contributed by atoms with van der Waals surface area (Å²) in [5.74, 6) is -0.846. The molecule has 8 nitrogen and oxygen atoms in total. The number of anilines is 1. The van der Waals surface area contributed by atoms with Gasteiger partial charge in [0.25, 0.3) is 5.91 Å². The van der Waals surface area contributed by atoms with Crippen LogP contribution in [0.2, 0.25) is 0 Å². The summed E-state index contributed by atoms with van der Waals surface area (Å²) in [5.41, 5.74) is -0.0198. The van der Waals surface area contributed by atoms with Gasteiger partial charge in [0.05, 0.1) is 24.8 Å². The average molecular weight is 381 g/mol. The number of alkyl halides is 1. The molecule has 1 aromatic heterocycles. The van der Waals surface area contributed by atoms with Crippen LogP contribution in [0, 0.1) is 0 Å². The molecule has 2 aliphatic rings. The zero-order valence-electron chi connectivity index (χ0n) is 14.8. The number of hydrogen-bond donors (Lipinski definition) is 5. The van der Waals surface area contributed by atoms with Crippen molar-refractivity contribution in [1.29, 1.82) is 0 Å². The first kappa shape index (κ1) is 19.5. The van der Waals surface area contributed by atoms with E-state index in [2.05, 4.69) is 10.3 Å². The Hall–Kier alpha value is -2.23. The molecule has 5 N–H and O–H groups in total. The first-order valence-corrected chi connectivity index (χ1v) is 8.99. The molecule has 148 valence electrons. The zero-order chi connectivity index (χ0) is 19.6. The summed E-state index contributed by atoms with van der Waals surface area (Å²) < 4.78 is 13.3. The van der Waals surface area contributed by atoms with Gasteiger partial charge >= 0.3 is 0 Å². The van der Waals surface area contributed by atoms with Crippen LogP contribution in [-0.2, 0) is 4.79 Å². The molecule has 2 atom stereocenters. The molecule has 1 aromatic rings. The largest absolute Gasteiger partial charge is 0.507 e. The van der Waals surface area contributed by atoms with E-state index in [4.69, 9.17) is 5.11 Å². The summed E-state index contributed by atoms with van der Waals surface area (Å²) in [4.78, 5) is 18.1. The number of amides is 1. The maximum absolute atomic E-state index is 13.3. The lowest BCUT2D eigenvalue weighted by atomic mass is 9.93. The van der Waals surface area contributed by atoms with Crippen molar-refractivity contribution in [3.8, 4) is 0 Å². The predicted molar refractivity (Wildman–Crippen MR) is 95.5 cm³/mol. The van der Waals surface area contributed by atoms with Crippen molar-refractivity contribution in [2.24, 2.45) is 0 Å². The van der Waals surface area contributed by atoms with Crippen LogP contribution in [0.4, 0.5) is 10.2 Å². The number of halogens is 1. The number of fused-ring (bicyclic) bond motifs is 1. The minimum absolute atomic E-state index is 0.182. The highest BCUT2D eigenvalue weighted by Gasteiger charge is 2.38. The number of rotatable bonds is 5. The second kappa shape index (κ2) is 8.20. The van der Waals surface area contributed by atoms with E-state index in [0.717, 1.165) is 0 Å². The van der Waals surface area contributed by atoms with Gasteiger partial charge in [-0.15, -0.1) is 0 Å². The van der Waals surface area contributed by atoms with Gasteiger partial charge in [-0.2, -0.15) is 0 Å². The molecular weight excluding hydrogens is 357 g/mol. The Balaban J connectivity index is 1.87. The third kappa shape index (κ3) is 4.05. The van der Waals surface area contributed by atoms with E-state index in [1.807, 2.05) is 0 Å². The summed E-state index contributed by atoms with van der Waals surface area (Å²) >= 11 is 0. The number of nitrogens with zero attached hydrogens (tertiary/aromatic N) is 2. The third-order valence-electron chi connectivity index (χ3n) is 4.98. The number of aromatic nitrogens is 1. The van der Waals surface area contributed by atoms with Crippen LogP contribution in [0.1, 0.15) is 31.2 Å². The minimum Gasteiger partial charge on any atom is -0.507 e. The molecule has 0 radical (unpaired) electrons. The van der Waals surface area contributed by atoms with Crippen LogP contribution in [0.5, 0.6) is 0 Å². The first-order valence-electron chi connectivity index (χ1n) is 8.99. The Labute approximate surface area is 156 Å². The summed E-state index contributed by atoms with van der Waals surface area (Å²) in [6.45, 7) is -0.714. The lowest BCUT2D eigenvalue weighted by molar-refractivity contribution is -0.119. The summed E-state index contributed by atoms with van der Waals surface area (Å²) in [6.07, 6.45) is -0.424.